The van der Waals surface area contributed by atoms with Gasteiger partial charge in [0, 0.05) is 29.4 Å². The van der Waals surface area contributed by atoms with E-state index in [0.717, 1.165) is 36.1 Å². The highest BCUT2D eigenvalue weighted by atomic mass is 19.4. The number of amides is 1. The van der Waals surface area contributed by atoms with E-state index < -0.39 is 24.0 Å². The molecule has 2 aromatic heterocycles. The van der Waals surface area contributed by atoms with Crippen molar-refractivity contribution in [1.82, 2.24) is 19.4 Å². The molecule has 42 heavy (non-hydrogen) atoms. The molecule has 2 saturated heterocycles. The van der Waals surface area contributed by atoms with E-state index in [1.54, 1.807) is 44.2 Å². The maximum Gasteiger partial charge on any atom is 0.406 e. The number of aromatic nitrogens is 2. The van der Waals surface area contributed by atoms with Crippen LogP contribution >= 0.6 is 0 Å². The molecule has 0 radical (unpaired) electrons. The number of nitriles is 1. The summed E-state index contributed by atoms with van der Waals surface area (Å²) in [6, 6.07) is 13.1. The molecular weight excluding hydrogens is 541 g/mol. The molecule has 2 aliphatic heterocycles. The van der Waals surface area contributed by atoms with E-state index in [9.17, 15) is 23.2 Å². The Hall–Kier alpha value is -3.86. The molecule has 10 heteroatoms. The Morgan fingerprint density at radius 1 is 1.10 bits per heavy atom. The van der Waals surface area contributed by atoms with Gasteiger partial charge in [-0.1, -0.05) is 12.1 Å². The first-order chi connectivity index (χ1) is 20.0. The quantitative estimate of drug-likeness (QED) is 0.395. The molecule has 0 spiro atoms. The van der Waals surface area contributed by atoms with Crippen LogP contribution in [0.4, 0.5) is 18.9 Å². The van der Waals surface area contributed by atoms with Gasteiger partial charge in [0.15, 0.2) is 0 Å². The summed E-state index contributed by atoms with van der Waals surface area (Å²) in [5.41, 5.74) is 1.67. The molecule has 0 unspecified atom stereocenters. The van der Waals surface area contributed by atoms with Crippen LogP contribution in [0.2, 0.25) is 0 Å². The zero-order valence-corrected chi connectivity index (χ0v) is 24.0. The monoisotopic (exact) mass is 576 g/mol. The van der Waals surface area contributed by atoms with Crippen molar-refractivity contribution < 1.29 is 18.0 Å². The van der Waals surface area contributed by atoms with E-state index in [1.165, 1.54) is 32.1 Å². The van der Waals surface area contributed by atoms with Gasteiger partial charge in [-0.25, -0.2) is 0 Å². The Morgan fingerprint density at radius 2 is 1.83 bits per heavy atom. The molecule has 4 heterocycles. The second-order valence-electron chi connectivity index (χ2n) is 11.7. The lowest BCUT2D eigenvalue weighted by atomic mass is 9.91. The predicted octanol–water partition coefficient (Wildman–Crippen LogP) is 5.45. The summed E-state index contributed by atoms with van der Waals surface area (Å²) in [6.45, 7) is 7.20. The number of piperidine rings is 1. The molecular formula is C32H35F3N6O. The highest BCUT2D eigenvalue weighted by Crippen LogP contribution is 2.30. The van der Waals surface area contributed by atoms with Crippen molar-refractivity contribution in [3.63, 3.8) is 0 Å². The molecule has 220 valence electrons. The van der Waals surface area contributed by atoms with E-state index in [4.69, 9.17) is 0 Å². The lowest BCUT2D eigenvalue weighted by molar-refractivity contribution is -0.140. The summed E-state index contributed by atoms with van der Waals surface area (Å²) in [7, 11) is 0. The van der Waals surface area contributed by atoms with Crippen LogP contribution in [0.3, 0.4) is 0 Å². The first kappa shape index (κ1) is 29.6. The van der Waals surface area contributed by atoms with Crippen molar-refractivity contribution in [3.05, 3.63) is 59.5 Å². The van der Waals surface area contributed by atoms with Crippen LogP contribution in [0.25, 0.3) is 10.9 Å². The summed E-state index contributed by atoms with van der Waals surface area (Å²) >= 11 is 0. The minimum Gasteiger partial charge on any atom is -0.325 e. The summed E-state index contributed by atoms with van der Waals surface area (Å²) < 4.78 is 42.0. The van der Waals surface area contributed by atoms with Crippen molar-refractivity contribution in [2.75, 3.05) is 31.5 Å². The van der Waals surface area contributed by atoms with Crippen LogP contribution in [0.5, 0.6) is 0 Å². The van der Waals surface area contributed by atoms with Gasteiger partial charge >= 0.3 is 12.1 Å². The van der Waals surface area contributed by atoms with Crippen LogP contribution < -0.4 is 5.32 Å². The SMILES string of the molecule is CC(C)(C#N)c1ccc(NC(=O)C#Cc2cc3c(CN4CCC(N5CCCC5)CC4)cccc3n2CC(F)(F)F)cn1. The summed E-state index contributed by atoms with van der Waals surface area (Å²) in [5.74, 6) is 4.44. The zero-order chi connectivity index (χ0) is 29.9. The fraction of sp³-hybridized carbons (Fsp3) is 0.469. The average molecular weight is 577 g/mol. The largest absolute Gasteiger partial charge is 0.406 e. The second kappa shape index (κ2) is 12.2. The Labute approximate surface area is 244 Å². The third-order valence-electron chi connectivity index (χ3n) is 8.23. The Kier molecular flexibility index (Phi) is 8.58. The fourth-order valence-electron chi connectivity index (χ4n) is 5.91. The van der Waals surface area contributed by atoms with Gasteiger partial charge in [-0.05, 0) is 101 Å². The molecule has 7 nitrogen and oxygen atoms in total. The molecule has 0 saturated carbocycles. The van der Waals surface area contributed by atoms with E-state index in [1.807, 2.05) is 6.07 Å². The van der Waals surface area contributed by atoms with Gasteiger partial charge in [-0.2, -0.15) is 18.4 Å². The highest BCUT2D eigenvalue weighted by Gasteiger charge is 2.31. The van der Waals surface area contributed by atoms with Crippen LogP contribution in [-0.4, -0.2) is 63.7 Å². The molecule has 0 aliphatic carbocycles. The molecule has 1 aromatic carbocycles. The van der Waals surface area contributed by atoms with Gasteiger partial charge in [0.05, 0.1) is 34.8 Å². The zero-order valence-electron chi connectivity index (χ0n) is 24.0. The van der Waals surface area contributed by atoms with Crippen LogP contribution in [0.15, 0.2) is 42.6 Å². The maximum absolute atomic E-state index is 13.6. The average Bonchev–Trinajstić information content (AvgIpc) is 3.61. The van der Waals surface area contributed by atoms with Gasteiger partial charge in [-0.15, -0.1) is 0 Å². The highest BCUT2D eigenvalue weighted by molar-refractivity contribution is 6.04. The summed E-state index contributed by atoms with van der Waals surface area (Å²) in [4.78, 5) is 21.8. The Balaban J connectivity index is 1.34. The number of nitrogens with one attached hydrogen (secondary N) is 1. The fourth-order valence-corrected chi connectivity index (χ4v) is 5.91. The number of rotatable bonds is 6. The summed E-state index contributed by atoms with van der Waals surface area (Å²) in [6.07, 6.45) is 1.72. The third kappa shape index (κ3) is 6.95. The molecule has 1 N–H and O–H groups in total. The Morgan fingerprint density at radius 3 is 2.48 bits per heavy atom. The maximum atomic E-state index is 13.6. The lowest BCUT2D eigenvalue weighted by Crippen LogP contribution is -2.43. The van der Waals surface area contributed by atoms with E-state index in [0.29, 0.717) is 34.9 Å². The Bertz CT molecular complexity index is 1530. The number of carbonyl (C=O) groups is 1. The van der Waals surface area contributed by atoms with E-state index >= 15 is 0 Å². The van der Waals surface area contributed by atoms with Crippen LogP contribution in [-0.2, 0) is 23.3 Å². The number of carbonyl (C=O) groups excluding carboxylic acids is 1. The van der Waals surface area contributed by atoms with Gasteiger partial charge in [0.1, 0.15) is 6.54 Å². The van der Waals surface area contributed by atoms with Crippen molar-refractivity contribution in [1.29, 1.82) is 5.26 Å². The molecule has 0 atom stereocenters. The number of likely N-dealkylation sites (tertiary alicyclic amines) is 2. The number of nitrogens with zero attached hydrogens (tertiary/aromatic N) is 5. The number of anilines is 1. The number of benzene rings is 1. The van der Waals surface area contributed by atoms with Gasteiger partial charge in [-0.3, -0.25) is 14.7 Å². The molecule has 5 rings (SSSR count). The first-order valence-electron chi connectivity index (χ1n) is 14.4. The predicted molar refractivity (Wildman–Crippen MR) is 155 cm³/mol. The standard InChI is InChI=1S/C32H35F3N6O/c1-31(2,21-36)29-10-8-24(19-37-29)38-30(42)11-9-26-18-27-23(6-5-7-28(27)41(26)22-32(33,34)35)20-39-16-12-25(13-17-39)40-14-3-4-15-40/h5-8,10,18-19,25H,3-4,12-17,20,22H2,1-2H3,(H,38,42). The van der Waals surface area contributed by atoms with Gasteiger partial charge in [0.2, 0.25) is 0 Å². The van der Waals surface area contributed by atoms with Crippen molar-refractivity contribution in [2.24, 2.45) is 0 Å². The van der Waals surface area contributed by atoms with Crippen LogP contribution in [0.1, 0.15) is 56.5 Å². The summed E-state index contributed by atoms with van der Waals surface area (Å²) in [5, 5.41) is 12.6. The first-order valence-corrected chi connectivity index (χ1v) is 14.4. The third-order valence-corrected chi connectivity index (χ3v) is 8.23. The van der Waals surface area contributed by atoms with Crippen molar-refractivity contribution in [3.8, 4) is 17.9 Å². The smallest absolute Gasteiger partial charge is 0.325 e. The molecule has 2 fully saturated rings. The number of pyridine rings is 1. The minimum atomic E-state index is -4.46. The van der Waals surface area contributed by atoms with Crippen molar-refractivity contribution >= 4 is 22.5 Å². The van der Waals surface area contributed by atoms with Crippen molar-refractivity contribution in [2.45, 2.75) is 70.3 Å². The van der Waals surface area contributed by atoms with Gasteiger partial charge < -0.3 is 14.8 Å². The van der Waals surface area contributed by atoms with Gasteiger partial charge in [0.25, 0.3) is 0 Å². The molecule has 1 amide bonds. The number of alkyl halides is 3. The second-order valence-corrected chi connectivity index (χ2v) is 11.7. The minimum absolute atomic E-state index is 0.127. The molecule has 2 aliphatic rings. The number of hydrogen-bond acceptors (Lipinski definition) is 5. The lowest BCUT2D eigenvalue weighted by Gasteiger charge is -2.36. The number of halogens is 3. The molecule has 0 bridgehead atoms. The molecule has 3 aromatic rings. The number of fused-ring (bicyclic) bond motifs is 1. The van der Waals surface area contributed by atoms with Crippen LogP contribution in [0, 0.1) is 23.2 Å². The van der Waals surface area contributed by atoms with E-state index in [-0.39, 0.29) is 5.69 Å². The van der Waals surface area contributed by atoms with E-state index in [2.05, 4.69) is 38.0 Å². The normalized spacial score (nSPS) is 17.1. The topological polar surface area (TPSA) is 77.2 Å². The number of hydrogen-bond donors (Lipinski definition) is 1.